The molecular weight excluding hydrogens is 290 g/mol. The first-order valence-corrected chi connectivity index (χ1v) is 9.51. The minimum Gasteiger partial charge on any atom is -0.341 e. The van der Waals surface area contributed by atoms with Crippen molar-refractivity contribution in [3.05, 3.63) is 60.0 Å². The Morgan fingerprint density at radius 2 is 1.38 bits per heavy atom. The number of allylic oxidation sites excluding steroid dienone is 4. The first-order valence-electron chi connectivity index (χ1n) is 9.51. The van der Waals surface area contributed by atoms with E-state index in [2.05, 4.69) is 50.6 Å². The first kappa shape index (κ1) is 24.5. The van der Waals surface area contributed by atoms with E-state index in [9.17, 15) is 0 Å². The third kappa shape index (κ3) is 7.21. The van der Waals surface area contributed by atoms with Crippen molar-refractivity contribution in [3.63, 3.8) is 0 Å². The van der Waals surface area contributed by atoms with Crippen LogP contribution in [0.5, 0.6) is 0 Å². The molecule has 0 aliphatic carbocycles. The van der Waals surface area contributed by atoms with Gasteiger partial charge in [-0.3, -0.25) is 0 Å². The van der Waals surface area contributed by atoms with Crippen molar-refractivity contribution >= 4 is 12.2 Å². The van der Waals surface area contributed by atoms with E-state index in [1.54, 1.807) is 0 Å². The van der Waals surface area contributed by atoms with E-state index in [-0.39, 0.29) is 0 Å². The Morgan fingerprint density at radius 1 is 0.875 bits per heavy atom. The van der Waals surface area contributed by atoms with E-state index in [1.807, 2.05) is 52.0 Å². The van der Waals surface area contributed by atoms with Crippen LogP contribution in [0.4, 0.5) is 0 Å². The molecule has 0 radical (unpaired) electrons. The van der Waals surface area contributed by atoms with Gasteiger partial charge in [-0.05, 0) is 43.0 Å². The third-order valence-corrected chi connectivity index (χ3v) is 3.60. The Hall–Kier alpha value is -1.76. The molecule has 0 saturated carbocycles. The van der Waals surface area contributed by atoms with E-state index in [1.165, 1.54) is 35.4 Å². The summed E-state index contributed by atoms with van der Waals surface area (Å²) < 4.78 is 2.43. The number of rotatable bonds is 8. The average molecular weight is 330 g/mol. The normalized spacial score (nSPS) is 10.1. The van der Waals surface area contributed by atoms with E-state index < -0.39 is 0 Å². The molecule has 0 unspecified atom stereocenters. The van der Waals surface area contributed by atoms with Crippen molar-refractivity contribution in [2.24, 2.45) is 0 Å². The highest BCUT2D eigenvalue weighted by atomic mass is 15.0. The number of aromatic nitrogens is 1. The van der Waals surface area contributed by atoms with Crippen molar-refractivity contribution in [2.45, 2.75) is 74.3 Å². The topological polar surface area (TPSA) is 4.93 Å². The Bertz CT molecular complexity index is 513. The van der Waals surface area contributed by atoms with Crippen LogP contribution in [0, 0.1) is 6.92 Å². The van der Waals surface area contributed by atoms with Crippen molar-refractivity contribution in [1.29, 1.82) is 0 Å². The lowest BCUT2D eigenvalue weighted by Crippen LogP contribution is -2.03. The molecule has 0 atom stereocenters. The van der Waals surface area contributed by atoms with Crippen molar-refractivity contribution in [2.75, 3.05) is 0 Å². The standard InChI is InChI=1S/C19H27N.2C2H6/c1-6-10-13-18-16(5)17(9-4)19(14-11-7-2)20(18)15-12-8-3;2*1-2/h6-7,10-11,13-14H,1-2,8-9,12,15H2,3-5H3;2*1-2H3/b13-10-,14-11-;;. The molecule has 24 heavy (non-hydrogen) atoms. The summed E-state index contributed by atoms with van der Waals surface area (Å²) in [5.74, 6) is 0. The molecule has 1 rings (SSSR count). The highest BCUT2D eigenvalue weighted by molar-refractivity contribution is 5.64. The number of nitrogens with zero attached hydrogens (tertiary/aromatic N) is 1. The average Bonchev–Trinajstić information content (AvgIpc) is 2.89. The molecule has 1 heteroatoms. The maximum absolute atomic E-state index is 3.78. The third-order valence-electron chi connectivity index (χ3n) is 3.60. The summed E-state index contributed by atoms with van der Waals surface area (Å²) in [5, 5.41) is 0. The molecule has 0 aliphatic rings. The Kier molecular flexibility index (Phi) is 16.4. The van der Waals surface area contributed by atoms with Gasteiger partial charge in [0.2, 0.25) is 0 Å². The van der Waals surface area contributed by atoms with Crippen molar-refractivity contribution in [1.82, 2.24) is 4.57 Å². The molecule has 0 aliphatic heterocycles. The minimum atomic E-state index is 1.05. The van der Waals surface area contributed by atoms with Crippen LogP contribution in [0.15, 0.2) is 37.5 Å². The lowest BCUT2D eigenvalue weighted by Gasteiger charge is -2.10. The molecule has 1 nitrogen and oxygen atoms in total. The monoisotopic (exact) mass is 329 g/mol. The summed E-state index contributed by atoms with van der Waals surface area (Å²) in [5.41, 5.74) is 5.44. The van der Waals surface area contributed by atoms with E-state index in [4.69, 9.17) is 0 Å². The summed E-state index contributed by atoms with van der Waals surface area (Å²) in [6.07, 6.45) is 15.5. The second kappa shape index (κ2) is 16.1. The van der Waals surface area contributed by atoms with Gasteiger partial charge < -0.3 is 4.57 Å². The second-order valence-corrected chi connectivity index (χ2v) is 4.92. The van der Waals surface area contributed by atoms with Crippen LogP contribution in [-0.2, 0) is 13.0 Å². The molecule has 0 fully saturated rings. The van der Waals surface area contributed by atoms with Gasteiger partial charge in [0.1, 0.15) is 0 Å². The van der Waals surface area contributed by atoms with Gasteiger partial charge >= 0.3 is 0 Å². The van der Waals surface area contributed by atoms with Crippen molar-refractivity contribution < 1.29 is 0 Å². The Labute approximate surface area is 151 Å². The minimum absolute atomic E-state index is 1.05. The predicted molar refractivity (Wildman–Crippen MR) is 115 cm³/mol. The molecule has 136 valence electrons. The summed E-state index contributed by atoms with van der Waals surface area (Å²) in [6.45, 7) is 23.3. The van der Waals surface area contributed by atoms with Gasteiger partial charge in [-0.15, -0.1) is 0 Å². The quantitative estimate of drug-likeness (QED) is 0.432. The van der Waals surface area contributed by atoms with E-state index in [0.717, 1.165) is 13.0 Å². The predicted octanol–water partition coefficient (Wildman–Crippen LogP) is 7.61. The molecule has 0 bridgehead atoms. The van der Waals surface area contributed by atoms with Gasteiger partial charge in [0, 0.05) is 17.9 Å². The molecule has 1 aromatic heterocycles. The molecule has 1 aromatic rings. The summed E-state index contributed by atoms with van der Waals surface area (Å²) >= 11 is 0. The van der Waals surface area contributed by atoms with Crippen molar-refractivity contribution in [3.8, 4) is 0 Å². The molecule has 0 spiro atoms. The summed E-state index contributed by atoms with van der Waals surface area (Å²) in [6, 6.07) is 0. The molecule has 0 aromatic carbocycles. The molecule has 0 amide bonds. The van der Waals surface area contributed by atoms with Crippen LogP contribution in [0.1, 0.15) is 76.9 Å². The highest BCUT2D eigenvalue weighted by Crippen LogP contribution is 2.26. The highest BCUT2D eigenvalue weighted by Gasteiger charge is 2.14. The number of unbranched alkanes of at least 4 members (excludes halogenated alkanes) is 1. The first-order chi connectivity index (χ1) is 11.7. The molecule has 0 N–H and O–H groups in total. The molecular formula is C23H39N. The summed E-state index contributed by atoms with van der Waals surface area (Å²) in [7, 11) is 0. The van der Waals surface area contributed by atoms with Gasteiger partial charge in [-0.2, -0.15) is 0 Å². The zero-order valence-corrected chi connectivity index (χ0v) is 17.2. The molecule has 0 saturated heterocycles. The smallest absolute Gasteiger partial charge is 0.0446 e. The summed E-state index contributed by atoms with van der Waals surface area (Å²) in [4.78, 5) is 0. The lowest BCUT2D eigenvalue weighted by atomic mass is 10.1. The van der Waals surface area contributed by atoms with Gasteiger partial charge in [0.25, 0.3) is 0 Å². The van der Waals surface area contributed by atoms with E-state index in [0.29, 0.717) is 0 Å². The van der Waals surface area contributed by atoms with Crippen LogP contribution in [0.2, 0.25) is 0 Å². The van der Waals surface area contributed by atoms with Gasteiger partial charge in [0.05, 0.1) is 0 Å². The van der Waals surface area contributed by atoms with Crippen LogP contribution in [0.3, 0.4) is 0 Å². The van der Waals surface area contributed by atoms with E-state index >= 15 is 0 Å². The van der Waals surface area contributed by atoms with Gasteiger partial charge in [-0.25, -0.2) is 0 Å². The van der Waals surface area contributed by atoms with Gasteiger partial charge in [-0.1, -0.05) is 85.4 Å². The van der Waals surface area contributed by atoms with Crippen LogP contribution >= 0.6 is 0 Å². The lowest BCUT2D eigenvalue weighted by molar-refractivity contribution is 0.625. The maximum atomic E-state index is 3.78. The Balaban J connectivity index is 0. The second-order valence-electron chi connectivity index (χ2n) is 4.92. The number of hydrogen-bond acceptors (Lipinski definition) is 0. The SMILES string of the molecule is C=C/C=C\c1c(C)c(CC)c(/C=C\C=C)n1CCCC.CC.CC. The zero-order valence-electron chi connectivity index (χ0n) is 17.2. The Morgan fingerprint density at radius 3 is 1.79 bits per heavy atom. The number of hydrogen-bond donors (Lipinski definition) is 0. The zero-order chi connectivity index (χ0) is 19.0. The largest absolute Gasteiger partial charge is 0.341 e. The fourth-order valence-electron chi connectivity index (χ4n) is 2.57. The molecule has 1 heterocycles. The fourth-order valence-corrected chi connectivity index (χ4v) is 2.57. The van der Waals surface area contributed by atoms with Crippen LogP contribution < -0.4 is 0 Å². The van der Waals surface area contributed by atoms with Gasteiger partial charge in [0.15, 0.2) is 0 Å². The van der Waals surface area contributed by atoms with Crippen LogP contribution in [0.25, 0.3) is 12.2 Å². The fraction of sp³-hybridized carbons (Fsp3) is 0.478. The maximum Gasteiger partial charge on any atom is 0.0446 e. The van der Waals surface area contributed by atoms with Crippen LogP contribution in [-0.4, -0.2) is 4.57 Å².